The zero-order valence-electron chi connectivity index (χ0n) is 10.7. The minimum atomic E-state index is -0.200. The highest BCUT2D eigenvalue weighted by Gasteiger charge is 2.26. The van der Waals surface area contributed by atoms with E-state index in [2.05, 4.69) is 15.9 Å². The van der Waals surface area contributed by atoms with Crippen LogP contribution in [0, 0.1) is 5.82 Å². The molecule has 0 amide bonds. The molecule has 0 aliphatic heterocycles. The first-order chi connectivity index (χ1) is 8.59. The lowest BCUT2D eigenvalue weighted by Crippen LogP contribution is -2.42. The van der Waals surface area contributed by atoms with Crippen LogP contribution in [-0.4, -0.2) is 5.54 Å². The Balaban J connectivity index is 2.09. The minimum Gasteiger partial charge on any atom is -0.325 e. The molecule has 0 spiro atoms. The molecule has 3 heteroatoms. The number of nitrogens with two attached hydrogens (primary N) is 1. The molecule has 18 heavy (non-hydrogen) atoms. The zero-order chi connectivity index (χ0) is 13.0. The van der Waals surface area contributed by atoms with Crippen LogP contribution in [0.1, 0.15) is 50.5 Å². The van der Waals surface area contributed by atoms with Crippen LogP contribution in [0.15, 0.2) is 22.7 Å². The lowest BCUT2D eigenvalue weighted by atomic mass is 9.80. The topological polar surface area (TPSA) is 26.0 Å². The van der Waals surface area contributed by atoms with Crippen LogP contribution >= 0.6 is 15.9 Å². The quantitative estimate of drug-likeness (QED) is 0.850. The summed E-state index contributed by atoms with van der Waals surface area (Å²) in [6, 6.07) is 4.90. The monoisotopic (exact) mass is 313 g/mol. The fourth-order valence-electron chi connectivity index (χ4n) is 2.83. The highest BCUT2D eigenvalue weighted by molar-refractivity contribution is 9.10. The van der Waals surface area contributed by atoms with Crippen molar-refractivity contribution in [1.82, 2.24) is 0 Å². The molecule has 0 unspecified atom stereocenters. The van der Waals surface area contributed by atoms with Gasteiger partial charge in [0, 0.05) is 10.0 Å². The van der Waals surface area contributed by atoms with Gasteiger partial charge in [0.25, 0.3) is 0 Å². The van der Waals surface area contributed by atoms with Gasteiger partial charge in [0.2, 0.25) is 0 Å². The van der Waals surface area contributed by atoms with Gasteiger partial charge in [-0.1, -0.05) is 54.1 Å². The molecule has 1 aromatic rings. The molecule has 1 fully saturated rings. The van der Waals surface area contributed by atoms with Crippen LogP contribution in [0.25, 0.3) is 0 Å². The zero-order valence-corrected chi connectivity index (χ0v) is 12.3. The normalized spacial score (nSPS) is 20.2. The first kappa shape index (κ1) is 14.0. The second-order valence-corrected chi connectivity index (χ2v) is 6.40. The third-order valence-electron chi connectivity index (χ3n) is 3.91. The molecule has 100 valence electrons. The Kier molecular flexibility index (Phi) is 4.79. The van der Waals surface area contributed by atoms with Gasteiger partial charge in [-0.05, 0) is 37.0 Å². The third-order valence-corrected chi connectivity index (χ3v) is 4.65. The van der Waals surface area contributed by atoms with Crippen molar-refractivity contribution in [1.29, 1.82) is 0 Å². The Hall–Kier alpha value is -0.410. The summed E-state index contributed by atoms with van der Waals surface area (Å²) in [6.45, 7) is 0. The molecule has 1 aliphatic rings. The average Bonchev–Trinajstić information content (AvgIpc) is 2.29. The first-order valence-electron chi connectivity index (χ1n) is 6.82. The lowest BCUT2D eigenvalue weighted by molar-refractivity contribution is 0.314. The van der Waals surface area contributed by atoms with Crippen LogP contribution in [0.5, 0.6) is 0 Å². The van der Waals surface area contributed by atoms with Crippen LogP contribution in [0.3, 0.4) is 0 Å². The molecule has 1 saturated carbocycles. The van der Waals surface area contributed by atoms with Gasteiger partial charge in [-0.25, -0.2) is 4.39 Å². The van der Waals surface area contributed by atoms with Crippen molar-refractivity contribution in [3.05, 3.63) is 34.1 Å². The van der Waals surface area contributed by atoms with Crippen LogP contribution in [-0.2, 0) is 6.42 Å². The Morgan fingerprint density at radius 3 is 2.33 bits per heavy atom. The maximum absolute atomic E-state index is 13.1. The summed E-state index contributed by atoms with van der Waals surface area (Å²) in [6.07, 6.45) is 9.37. The van der Waals surface area contributed by atoms with Crippen molar-refractivity contribution in [3.63, 3.8) is 0 Å². The molecule has 0 radical (unpaired) electrons. The standard InChI is InChI=1S/C15H21BrFN/c16-14-10-13(17)7-6-12(14)11-15(18)8-4-2-1-3-5-9-15/h6-7,10H,1-5,8-9,11,18H2. The highest BCUT2D eigenvalue weighted by atomic mass is 79.9. The van der Waals surface area contributed by atoms with Crippen molar-refractivity contribution < 1.29 is 4.39 Å². The second kappa shape index (κ2) is 6.16. The number of benzene rings is 1. The summed E-state index contributed by atoms with van der Waals surface area (Å²) in [7, 11) is 0. The Morgan fingerprint density at radius 2 is 1.72 bits per heavy atom. The smallest absolute Gasteiger partial charge is 0.124 e. The highest BCUT2D eigenvalue weighted by Crippen LogP contribution is 2.30. The molecule has 1 aliphatic carbocycles. The molecule has 0 atom stereocenters. The van der Waals surface area contributed by atoms with Crippen LogP contribution in [0.2, 0.25) is 0 Å². The summed E-state index contributed by atoms with van der Waals surface area (Å²) in [5.74, 6) is -0.200. The Morgan fingerprint density at radius 1 is 1.11 bits per heavy atom. The second-order valence-electron chi connectivity index (χ2n) is 5.54. The molecule has 1 nitrogen and oxygen atoms in total. The van der Waals surface area contributed by atoms with E-state index in [0.717, 1.165) is 29.3 Å². The summed E-state index contributed by atoms with van der Waals surface area (Å²) >= 11 is 3.44. The average molecular weight is 314 g/mol. The van der Waals surface area contributed by atoms with Crippen LogP contribution in [0.4, 0.5) is 4.39 Å². The predicted octanol–water partition coefficient (Wildman–Crippen LogP) is 4.57. The van der Waals surface area contributed by atoms with Gasteiger partial charge in [-0.3, -0.25) is 0 Å². The van der Waals surface area contributed by atoms with Gasteiger partial charge < -0.3 is 5.73 Å². The van der Waals surface area contributed by atoms with E-state index in [-0.39, 0.29) is 11.4 Å². The maximum Gasteiger partial charge on any atom is 0.124 e. The number of hydrogen-bond donors (Lipinski definition) is 1. The molecule has 1 aromatic carbocycles. The van der Waals surface area contributed by atoms with Crippen molar-refractivity contribution in [2.75, 3.05) is 0 Å². The van der Waals surface area contributed by atoms with E-state index in [1.54, 1.807) is 0 Å². The molecule has 2 N–H and O–H groups in total. The van der Waals surface area contributed by atoms with E-state index in [9.17, 15) is 4.39 Å². The fourth-order valence-corrected chi connectivity index (χ4v) is 3.32. The SMILES string of the molecule is NC1(Cc2ccc(F)cc2Br)CCCCCCC1. The minimum absolute atomic E-state index is 0.110. The number of hydrogen-bond acceptors (Lipinski definition) is 1. The number of halogens is 2. The lowest BCUT2D eigenvalue weighted by Gasteiger charge is -2.32. The summed E-state index contributed by atoms with van der Waals surface area (Å²) in [4.78, 5) is 0. The van der Waals surface area contributed by atoms with E-state index >= 15 is 0 Å². The summed E-state index contributed by atoms with van der Waals surface area (Å²) in [5, 5.41) is 0. The van der Waals surface area contributed by atoms with Crippen LogP contribution < -0.4 is 5.73 Å². The fraction of sp³-hybridized carbons (Fsp3) is 0.600. The van der Waals surface area contributed by atoms with E-state index < -0.39 is 0 Å². The van der Waals surface area contributed by atoms with Crippen molar-refractivity contribution >= 4 is 15.9 Å². The van der Waals surface area contributed by atoms with E-state index in [1.165, 1.54) is 44.2 Å². The molecular weight excluding hydrogens is 293 g/mol. The van der Waals surface area contributed by atoms with E-state index in [0.29, 0.717) is 0 Å². The van der Waals surface area contributed by atoms with Gasteiger partial charge in [-0.2, -0.15) is 0 Å². The number of rotatable bonds is 2. The third kappa shape index (κ3) is 3.79. The van der Waals surface area contributed by atoms with Crippen molar-refractivity contribution in [2.45, 2.75) is 56.9 Å². The summed E-state index contributed by atoms with van der Waals surface area (Å²) < 4.78 is 13.9. The van der Waals surface area contributed by atoms with E-state index in [4.69, 9.17) is 5.73 Å². The Bertz CT molecular complexity index is 397. The van der Waals surface area contributed by atoms with Gasteiger partial charge >= 0.3 is 0 Å². The molecule has 0 heterocycles. The van der Waals surface area contributed by atoms with Gasteiger partial charge in [0.15, 0.2) is 0 Å². The molecule has 2 rings (SSSR count). The molecule has 0 aromatic heterocycles. The predicted molar refractivity (Wildman–Crippen MR) is 77.0 cm³/mol. The van der Waals surface area contributed by atoms with E-state index in [1.807, 2.05) is 6.07 Å². The summed E-state index contributed by atoms with van der Waals surface area (Å²) in [5.41, 5.74) is 7.57. The van der Waals surface area contributed by atoms with Gasteiger partial charge in [-0.15, -0.1) is 0 Å². The van der Waals surface area contributed by atoms with Crippen molar-refractivity contribution in [3.8, 4) is 0 Å². The van der Waals surface area contributed by atoms with Gasteiger partial charge in [0.05, 0.1) is 0 Å². The molecular formula is C15H21BrFN. The Labute approximate surface area is 117 Å². The first-order valence-corrected chi connectivity index (χ1v) is 7.61. The largest absolute Gasteiger partial charge is 0.325 e. The molecule has 0 saturated heterocycles. The van der Waals surface area contributed by atoms with Crippen molar-refractivity contribution in [2.24, 2.45) is 5.73 Å². The molecule has 0 bridgehead atoms. The van der Waals surface area contributed by atoms with Gasteiger partial charge in [0.1, 0.15) is 5.82 Å². The maximum atomic E-state index is 13.1.